The van der Waals surface area contributed by atoms with Crippen LogP contribution in [0.5, 0.6) is 5.75 Å². The Labute approximate surface area is 148 Å². The Morgan fingerprint density at radius 3 is 2.56 bits per heavy atom. The molecule has 0 bridgehead atoms. The van der Waals surface area contributed by atoms with Crippen LogP contribution >= 0.6 is 0 Å². The molecule has 25 heavy (non-hydrogen) atoms. The maximum absolute atomic E-state index is 12.5. The lowest BCUT2D eigenvalue weighted by Gasteiger charge is -2.15. The largest absolute Gasteiger partial charge is 0.496 e. The highest BCUT2D eigenvalue weighted by molar-refractivity contribution is 5.94. The van der Waals surface area contributed by atoms with E-state index in [4.69, 9.17) is 4.74 Å². The number of methoxy groups -OCH3 is 1. The lowest BCUT2D eigenvalue weighted by atomic mass is 9.97. The second kappa shape index (κ2) is 8.14. The maximum atomic E-state index is 12.5. The second-order valence-corrected chi connectivity index (χ2v) is 6.22. The van der Waals surface area contributed by atoms with Crippen LogP contribution in [0.4, 0.5) is 0 Å². The van der Waals surface area contributed by atoms with Crippen LogP contribution in [-0.4, -0.2) is 26.1 Å². The van der Waals surface area contributed by atoms with E-state index in [1.54, 1.807) is 7.11 Å². The number of nitrogens with one attached hydrogen (secondary N) is 3. The van der Waals surface area contributed by atoms with Gasteiger partial charge in [-0.3, -0.25) is 15.6 Å². The fourth-order valence-electron chi connectivity index (χ4n) is 3.22. The maximum Gasteiger partial charge on any atom is 0.251 e. The number of ether oxygens (including phenoxy) is 1. The van der Waals surface area contributed by atoms with E-state index in [0.717, 1.165) is 36.4 Å². The van der Waals surface area contributed by atoms with Crippen LogP contribution in [0.3, 0.4) is 0 Å². The third-order valence-electron chi connectivity index (χ3n) is 4.70. The van der Waals surface area contributed by atoms with Crippen molar-refractivity contribution in [2.75, 3.05) is 20.2 Å². The minimum absolute atomic E-state index is 0.0848. The number of hydrogen-bond acceptors (Lipinski definition) is 4. The van der Waals surface area contributed by atoms with Crippen molar-refractivity contribution in [1.29, 1.82) is 0 Å². The van der Waals surface area contributed by atoms with Crippen molar-refractivity contribution in [2.45, 2.75) is 25.8 Å². The molecular weight excluding hydrogens is 314 g/mol. The fourth-order valence-corrected chi connectivity index (χ4v) is 3.22. The first-order chi connectivity index (χ1) is 12.2. The quantitative estimate of drug-likeness (QED) is 0.756. The van der Waals surface area contributed by atoms with Gasteiger partial charge in [-0.25, -0.2) is 0 Å². The zero-order valence-corrected chi connectivity index (χ0v) is 14.8. The Morgan fingerprint density at radius 2 is 1.88 bits per heavy atom. The molecule has 1 fully saturated rings. The van der Waals surface area contributed by atoms with Crippen molar-refractivity contribution in [3.05, 3.63) is 64.7 Å². The zero-order valence-electron chi connectivity index (χ0n) is 14.8. The van der Waals surface area contributed by atoms with E-state index >= 15 is 0 Å². The molecule has 0 saturated carbocycles. The number of benzene rings is 2. The molecule has 0 aliphatic carbocycles. The smallest absolute Gasteiger partial charge is 0.251 e. The van der Waals surface area contributed by atoms with Gasteiger partial charge < -0.3 is 10.1 Å². The average molecular weight is 339 g/mol. The lowest BCUT2D eigenvalue weighted by molar-refractivity contribution is 0.0950. The van der Waals surface area contributed by atoms with E-state index in [1.807, 2.05) is 30.3 Å². The van der Waals surface area contributed by atoms with Crippen molar-refractivity contribution in [2.24, 2.45) is 0 Å². The van der Waals surface area contributed by atoms with Gasteiger partial charge in [-0.05, 0) is 35.2 Å². The van der Waals surface area contributed by atoms with E-state index in [-0.39, 0.29) is 5.91 Å². The van der Waals surface area contributed by atoms with Gasteiger partial charge >= 0.3 is 0 Å². The summed E-state index contributed by atoms with van der Waals surface area (Å²) in [6.07, 6.45) is 0.956. The highest BCUT2D eigenvalue weighted by Crippen LogP contribution is 2.28. The Morgan fingerprint density at radius 1 is 1.16 bits per heavy atom. The zero-order chi connectivity index (χ0) is 17.6. The van der Waals surface area contributed by atoms with Gasteiger partial charge in [-0.15, -0.1) is 0 Å². The van der Waals surface area contributed by atoms with E-state index in [9.17, 15) is 4.79 Å². The molecule has 0 aromatic heterocycles. The summed E-state index contributed by atoms with van der Waals surface area (Å²) in [5.74, 6) is 1.03. The van der Waals surface area contributed by atoms with E-state index in [1.165, 1.54) is 5.56 Å². The summed E-state index contributed by atoms with van der Waals surface area (Å²) >= 11 is 0. The van der Waals surface area contributed by atoms with E-state index in [2.05, 4.69) is 35.2 Å². The van der Waals surface area contributed by atoms with Gasteiger partial charge in [0.25, 0.3) is 5.91 Å². The molecule has 2 aromatic rings. The highest BCUT2D eigenvalue weighted by atomic mass is 16.5. The molecule has 1 aliphatic heterocycles. The van der Waals surface area contributed by atoms with Gasteiger partial charge in [-0.1, -0.05) is 37.3 Å². The molecule has 0 radical (unpaired) electrons. The predicted octanol–water partition coefficient (Wildman–Crippen LogP) is 2.38. The third-order valence-corrected chi connectivity index (χ3v) is 4.70. The number of aryl methyl sites for hydroxylation is 1. The molecule has 5 heteroatoms. The molecule has 0 spiro atoms. The van der Waals surface area contributed by atoms with E-state index < -0.39 is 0 Å². The Bertz CT molecular complexity index is 739. The molecule has 1 saturated heterocycles. The van der Waals surface area contributed by atoms with Crippen molar-refractivity contribution >= 4 is 5.91 Å². The molecule has 1 amide bonds. The minimum atomic E-state index is -0.0848. The number of carbonyl (C=O) groups excluding carboxylic acids is 1. The van der Waals surface area contributed by atoms with Gasteiger partial charge in [0, 0.05) is 31.1 Å². The second-order valence-electron chi connectivity index (χ2n) is 6.22. The number of rotatable bonds is 6. The van der Waals surface area contributed by atoms with Crippen molar-refractivity contribution < 1.29 is 9.53 Å². The van der Waals surface area contributed by atoms with Gasteiger partial charge in [0.05, 0.1) is 7.11 Å². The Hall–Kier alpha value is -2.37. The number of carbonyl (C=O) groups is 1. The molecule has 1 heterocycles. The predicted molar refractivity (Wildman–Crippen MR) is 98.7 cm³/mol. The summed E-state index contributed by atoms with van der Waals surface area (Å²) in [5.41, 5.74) is 10.4. The van der Waals surface area contributed by atoms with Crippen LogP contribution in [0.1, 0.15) is 39.9 Å². The topological polar surface area (TPSA) is 62.4 Å². The number of amides is 1. The molecule has 0 atom stereocenters. The minimum Gasteiger partial charge on any atom is -0.496 e. The van der Waals surface area contributed by atoms with Crippen LogP contribution in [-0.2, 0) is 13.0 Å². The van der Waals surface area contributed by atoms with Crippen molar-refractivity contribution in [3.8, 4) is 5.75 Å². The number of hydrazine groups is 1. The standard InChI is InChI=1S/C20H25N3O2/c1-3-14-6-4-5-7-16(14)11-21-20(24)15-8-9-18(19(10-15)25-2)17-12-22-23-13-17/h4-10,17,22-23H,3,11-13H2,1-2H3,(H,21,24). The first-order valence-electron chi connectivity index (χ1n) is 8.71. The molecule has 132 valence electrons. The first-order valence-corrected chi connectivity index (χ1v) is 8.71. The fraction of sp³-hybridized carbons (Fsp3) is 0.350. The molecule has 1 aliphatic rings. The van der Waals surface area contributed by atoms with Crippen molar-refractivity contribution in [3.63, 3.8) is 0 Å². The van der Waals surface area contributed by atoms with Gasteiger partial charge in [0.15, 0.2) is 0 Å². The van der Waals surface area contributed by atoms with Crippen LogP contribution in [0.25, 0.3) is 0 Å². The van der Waals surface area contributed by atoms with Crippen LogP contribution in [0, 0.1) is 0 Å². The van der Waals surface area contributed by atoms with E-state index in [0.29, 0.717) is 18.0 Å². The average Bonchev–Trinajstić information content (AvgIpc) is 3.20. The molecular formula is C20H25N3O2. The summed E-state index contributed by atoms with van der Waals surface area (Å²) in [7, 11) is 1.65. The Balaban J connectivity index is 1.71. The summed E-state index contributed by atoms with van der Waals surface area (Å²) < 4.78 is 5.51. The van der Waals surface area contributed by atoms with Gasteiger partial charge in [-0.2, -0.15) is 0 Å². The first kappa shape index (κ1) is 17.5. The van der Waals surface area contributed by atoms with Crippen LogP contribution in [0.15, 0.2) is 42.5 Å². The molecule has 3 rings (SSSR count). The highest BCUT2D eigenvalue weighted by Gasteiger charge is 2.21. The van der Waals surface area contributed by atoms with Gasteiger partial charge in [0.1, 0.15) is 5.75 Å². The summed E-state index contributed by atoms with van der Waals surface area (Å²) in [4.78, 5) is 12.5. The normalized spacial score (nSPS) is 14.5. The third kappa shape index (κ3) is 4.00. The molecule has 5 nitrogen and oxygen atoms in total. The van der Waals surface area contributed by atoms with Gasteiger partial charge in [0.2, 0.25) is 0 Å². The summed E-state index contributed by atoms with van der Waals surface area (Å²) in [6.45, 7) is 4.37. The Kier molecular flexibility index (Phi) is 5.68. The molecule has 0 unspecified atom stereocenters. The molecule has 2 aromatic carbocycles. The SMILES string of the molecule is CCc1ccccc1CNC(=O)c1ccc(C2CNNC2)c(OC)c1. The van der Waals surface area contributed by atoms with Crippen LogP contribution in [0.2, 0.25) is 0 Å². The number of hydrogen-bond donors (Lipinski definition) is 3. The monoisotopic (exact) mass is 339 g/mol. The molecule has 3 N–H and O–H groups in total. The van der Waals surface area contributed by atoms with Crippen LogP contribution < -0.4 is 20.9 Å². The van der Waals surface area contributed by atoms with Crippen molar-refractivity contribution in [1.82, 2.24) is 16.2 Å². The summed E-state index contributed by atoms with van der Waals surface area (Å²) in [5, 5.41) is 3.01. The summed E-state index contributed by atoms with van der Waals surface area (Å²) in [6, 6.07) is 13.9. The lowest BCUT2D eigenvalue weighted by Crippen LogP contribution is -2.23.